The first-order valence-corrected chi connectivity index (χ1v) is 8.17. The summed E-state index contributed by atoms with van der Waals surface area (Å²) in [5.74, 6) is 1.47. The second-order valence-corrected chi connectivity index (χ2v) is 6.91. The molecule has 0 aromatic heterocycles. The van der Waals surface area contributed by atoms with Crippen molar-refractivity contribution in [3.63, 3.8) is 0 Å². The van der Waals surface area contributed by atoms with Crippen molar-refractivity contribution in [1.29, 1.82) is 0 Å². The van der Waals surface area contributed by atoms with Gasteiger partial charge in [-0.2, -0.15) is 0 Å². The molecule has 1 aromatic carbocycles. The van der Waals surface area contributed by atoms with Crippen molar-refractivity contribution in [3.8, 4) is 11.5 Å². The molecular weight excluding hydrogens is 304 g/mol. The van der Waals surface area contributed by atoms with Crippen LogP contribution in [0.3, 0.4) is 0 Å². The molecule has 0 aliphatic carbocycles. The van der Waals surface area contributed by atoms with Crippen molar-refractivity contribution in [2.75, 3.05) is 26.8 Å². The summed E-state index contributed by atoms with van der Waals surface area (Å²) in [4.78, 5) is 11.8. The fourth-order valence-electron chi connectivity index (χ4n) is 1.91. The monoisotopic (exact) mass is 334 g/mol. The Morgan fingerprint density at radius 2 is 1.92 bits per heavy atom. The van der Waals surface area contributed by atoms with Gasteiger partial charge in [0.05, 0.1) is 7.11 Å². The molecule has 0 radical (unpaired) electrons. The fraction of sp³-hybridized carbons (Fsp3) is 0.526. The van der Waals surface area contributed by atoms with Gasteiger partial charge in [0.1, 0.15) is 6.61 Å². The lowest BCUT2D eigenvalue weighted by atomic mass is 9.96. The molecule has 1 rings (SSSR count). The van der Waals surface area contributed by atoms with Crippen LogP contribution in [0.25, 0.3) is 0 Å². The summed E-state index contributed by atoms with van der Waals surface area (Å²) in [6.07, 6.45) is 0. The van der Waals surface area contributed by atoms with E-state index in [1.807, 2.05) is 45.9 Å². The quantitative estimate of drug-likeness (QED) is 0.538. The molecule has 0 aliphatic rings. The lowest BCUT2D eigenvalue weighted by molar-refractivity contribution is -0.128. The predicted octanol–water partition coefficient (Wildman–Crippen LogP) is 2.90. The molecular formula is C19H30N2O3. The number of hydrogen-bond donors (Lipinski definition) is 2. The molecule has 0 unspecified atom stereocenters. The van der Waals surface area contributed by atoms with Gasteiger partial charge in [0.2, 0.25) is 5.91 Å². The van der Waals surface area contributed by atoms with Crippen LogP contribution >= 0.6 is 0 Å². The summed E-state index contributed by atoms with van der Waals surface area (Å²) < 4.78 is 11.0. The van der Waals surface area contributed by atoms with E-state index in [9.17, 15) is 4.79 Å². The summed E-state index contributed by atoms with van der Waals surface area (Å²) in [7, 11) is 1.62. The van der Waals surface area contributed by atoms with Gasteiger partial charge < -0.3 is 20.1 Å². The molecule has 2 N–H and O–H groups in total. The molecule has 0 spiro atoms. The Hall–Kier alpha value is -2.01. The van der Waals surface area contributed by atoms with Gasteiger partial charge in [-0.15, -0.1) is 0 Å². The standard InChI is InChI=1S/C19H30N2O3/c1-14(2)13-24-17-11-15(7-8-16(17)23-6)12-20-9-10-21-18(22)19(3,4)5/h7-8,11,20H,1,9-10,12-13H2,2-6H3,(H,21,22). The molecule has 0 aliphatic heterocycles. The Morgan fingerprint density at radius 3 is 2.50 bits per heavy atom. The van der Waals surface area contributed by atoms with Crippen molar-refractivity contribution >= 4 is 5.91 Å². The number of rotatable bonds is 9. The number of nitrogens with one attached hydrogen (secondary N) is 2. The summed E-state index contributed by atoms with van der Waals surface area (Å²) in [5.41, 5.74) is 1.69. The summed E-state index contributed by atoms with van der Waals surface area (Å²) in [5, 5.41) is 6.22. The third kappa shape index (κ3) is 7.04. The fourth-order valence-corrected chi connectivity index (χ4v) is 1.91. The van der Waals surface area contributed by atoms with E-state index in [1.165, 1.54) is 0 Å². The van der Waals surface area contributed by atoms with Crippen LogP contribution in [0.2, 0.25) is 0 Å². The van der Waals surface area contributed by atoms with E-state index in [0.29, 0.717) is 37.7 Å². The van der Waals surface area contributed by atoms with E-state index in [1.54, 1.807) is 7.11 Å². The van der Waals surface area contributed by atoms with E-state index in [2.05, 4.69) is 17.2 Å². The van der Waals surface area contributed by atoms with Crippen LogP contribution in [0, 0.1) is 5.41 Å². The highest BCUT2D eigenvalue weighted by atomic mass is 16.5. The third-order valence-corrected chi connectivity index (χ3v) is 3.30. The molecule has 0 fully saturated rings. The van der Waals surface area contributed by atoms with E-state index >= 15 is 0 Å². The molecule has 0 saturated carbocycles. The first kappa shape index (κ1) is 20.0. The molecule has 5 nitrogen and oxygen atoms in total. The van der Waals surface area contributed by atoms with Gasteiger partial charge in [-0.05, 0) is 30.2 Å². The molecule has 1 amide bonds. The minimum atomic E-state index is -0.356. The van der Waals surface area contributed by atoms with Crippen LogP contribution in [0.4, 0.5) is 0 Å². The van der Waals surface area contributed by atoms with Crippen molar-refractivity contribution in [3.05, 3.63) is 35.9 Å². The minimum Gasteiger partial charge on any atom is -0.493 e. The van der Waals surface area contributed by atoms with Crippen LogP contribution in [-0.2, 0) is 11.3 Å². The van der Waals surface area contributed by atoms with Crippen LogP contribution in [0.5, 0.6) is 11.5 Å². The van der Waals surface area contributed by atoms with Crippen molar-refractivity contribution in [2.24, 2.45) is 5.41 Å². The number of benzene rings is 1. The summed E-state index contributed by atoms with van der Waals surface area (Å²) >= 11 is 0. The molecule has 24 heavy (non-hydrogen) atoms. The maximum Gasteiger partial charge on any atom is 0.225 e. The number of amides is 1. The van der Waals surface area contributed by atoms with Gasteiger partial charge in [-0.3, -0.25) is 4.79 Å². The van der Waals surface area contributed by atoms with Crippen molar-refractivity contribution < 1.29 is 14.3 Å². The summed E-state index contributed by atoms with van der Waals surface area (Å²) in [6.45, 7) is 13.9. The van der Waals surface area contributed by atoms with Gasteiger partial charge in [-0.25, -0.2) is 0 Å². The van der Waals surface area contributed by atoms with Gasteiger partial charge in [0.15, 0.2) is 11.5 Å². The molecule has 0 heterocycles. The summed E-state index contributed by atoms with van der Waals surface area (Å²) in [6, 6.07) is 5.85. The Balaban J connectivity index is 2.46. The Bertz CT molecular complexity index is 562. The highest BCUT2D eigenvalue weighted by molar-refractivity contribution is 5.81. The number of ether oxygens (including phenoxy) is 2. The zero-order chi connectivity index (χ0) is 18.2. The number of methoxy groups -OCH3 is 1. The van der Waals surface area contributed by atoms with E-state index in [4.69, 9.17) is 9.47 Å². The zero-order valence-corrected chi connectivity index (χ0v) is 15.5. The lowest BCUT2D eigenvalue weighted by Gasteiger charge is -2.17. The zero-order valence-electron chi connectivity index (χ0n) is 15.5. The average Bonchev–Trinajstić information content (AvgIpc) is 2.51. The smallest absolute Gasteiger partial charge is 0.225 e. The van der Waals surface area contributed by atoms with Gasteiger partial charge >= 0.3 is 0 Å². The van der Waals surface area contributed by atoms with Crippen LogP contribution in [0.15, 0.2) is 30.4 Å². The third-order valence-electron chi connectivity index (χ3n) is 3.30. The maximum absolute atomic E-state index is 11.8. The van der Waals surface area contributed by atoms with Crippen LogP contribution in [0.1, 0.15) is 33.3 Å². The number of carbonyl (C=O) groups excluding carboxylic acids is 1. The predicted molar refractivity (Wildman–Crippen MR) is 97.5 cm³/mol. The van der Waals surface area contributed by atoms with Crippen LogP contribution < -0.4 is 20.1 Å². The van der Waals surface area contributed by atoms with Crippen LogP contribution in [-0.4, -0.2) is 32.7 Å². The van der Waals surface area contributed by atoms with Crippen molar-refractivity contribution in [1.82, 2.24) is 10.6 Å². The topological polar surface area (TPSA) is 59.6 Å². The van der Waals surface area contributed by atoms with Gasteiger partial charge in [0.25, 0.3) is 0 Å². The molecule has 5 heteroatoms. The Morgan fingerprint density at radius 1 is 1.21 bits per heavy atom. The second-order valence-electron chi connectivity index (χ2n) is 6.91. The average molecular weight is 334 g/mol. The highest BCUT2D eigenvalue weighted by Gasteiger charge is 2.20. The van der Waals surface area contributed by atoms with E-state index < -0.39 is 0 Å². The SMILES string of the molecule is C=C(C)COc1cc(CNCCNC(=O)C(C)(C)C)ccc1OC. The molecule has 0 bridgehead atoms. The normalized spacial score (nSPS) is 11.0. The number of hydrogen-bond acceptors (Lipinski definition) is 4. The van der Waals surface area contributed by atoms with E-state index in [0.717, 1.165) is 11.1 Å². The minimum absolute atomic E-state index is 0.0595. The molecule has 0 saturated heterocycles. The van der Waals surface area contributed by atoms with Crippen molar-refractivity contribution in [2.45, 2.75) is 34.2 Å². The first-order chi connectivity index (χ1) is 11.2. The Labute approximate surface area is 145 Å². The van der Waals surface area contributed by atoms with E-state index in [-0.39, 0.29) is 11.3 Å². The maximum atomic E-state index is 11.8. The highest BCUT2D eigenvalue weighted by Crippen LogP contribution is 2.28. The van der Waals surface area contributed by atoms with Gasteiger partial charge in [-0.1, -0.05) is 33.4 Å². The molecule has 1 aromatic rings. The first-order valence-electron chi connectivity index (χ1n) is 8.17. The Kier molecular flexibility index (Phi) is 7.79. The molecule has 134 valence electrons. The second kappa shape index (κ2) is 9.33. The lowest BCUT2D eigenvalue weighted by Crippen LogP contribution is -2.38. The largest absolute Gasteiger partial charge is 0.493 e. The number of carbonyl (C=O) groups is 1. The van der Waals surface area contributed by atoms with Gasteiger partial charge in [0, 0.05) is 25.0 Å². The molecule has 0 atom stereocenters.